The van der Waals surface area contributed by atoms with Crippen LogP contribution in [0.25, 0.3) is 0 Å². The van der Waals surface area contributed by atoms with E-state index in [1.54, 1.807) is 5.56 Å². The van der Waals surface area contributed by atoms with E-state index >= 15 is 0 Å². The molecule has 2 N–H and O–H groups in total. The molecule has 2 heteroatoms. The number of hydrogen-bond acceptors (Lipinski definition) is 2. The van der Waals surface area contributed by atoms with Gasteiger partial charge in [0.05, 0.1) is 0 Å². The van der Waals surface area contributed by atoms with Gasteiger partial charge in [0.1, 0.15) is 0 Å². The van der Waals surface area contributed by atoms with Crippen molar-refractivity contribution in [2.45, 2.75) is 31.2 Å². The second-order valence-corrected chi connectivity index (χ2v) is 5.46. The smallest absolute Gasteiger partial charge is 0.0233 e. The molecule has 0 aromatic heterocycles. The molecule has 0 amide bonds. The Kier molecular flexibility index (Phi) is 2.30. The first kappa shape index (κ1) is 10.3. The third-order valence-electron chi connectivity index (χ3n) is 4.27. The number of nitrogens with two attached hydrogens (primary N) is 1. The molecule has 0 unspecified atom stereocenters. The molecule has 1 aliphatic carbocycles. The van der Waals surface area contributed by atoms with Crippen molar-refractivity contribution in [3.63, 3.8) is 0 Å². The lowest BCUT2D eigenvalue weighted by Gasteiger charge is -2.26. The largest absolute Gasteiger partial charge is 0.330 e. The number of benzene rings is 1. The molecule has 16 heavy (non-hydrogen) atoms. The maximum absolute atomic E-state index is 5.89. The predicted octanol–water partition coefficient (Wildman–Crippen LogP) is 1.66. The van der Waals surface area contributed by atoms with E-state index in [2.05, 4.69) is 30.1 Å². The zero-order valence-corrected chi connectivity index (χ0v) is 10.00. The van der Waals surface area contributed by atoms with Crippen molar-refractivity contribution >= 4 is 0 Å². The van der Waals surface area contributed by atoms with Crippen molar-refractivity contribution in [2.24, 2.45) is 5.73 Å². The van der Waals surface area contributed by atoms with Crippen LogP contribution in [0.15, 0.2) is 18.2 Å². The van der Waals surface area contributed by atoms with Crippen molar-refractivity contribution < 1.29 is 0 Å². The highest BCUT2D eigenvalue weighted by atomic mass is 15.1. The van der Waals surface area contributed by atoms with Crippen LogP contribution in [0.4, 0.5) is 0 Å². The maximum Gasteiger partial charge on any atom is 0.0233 e. The highest BCUT2D eigenvalue weighted by Gasteiger charge is 2.43. The Balaban J connectivity index is 1.94. The molecule has 3 rings (SSSR count). The summed E-state index contributed by atoms with van der Waals surface area (Å²) in [6, 6.07) is 7.04. The summed E-state index contributed by atoms with van der Waals surface area (Å²) in [5.41, 5.74) is 10.8. The van der Waals surface area contributed by atoms with E-state index < -0.39 is 0 Å². The lowest BCUT2D eigenvalue weighted by Crippen LogP contribution is -2.27. The van der Waals surface area contributed by atoms with Gasteiger partial charge >= 0.3 is 0 Å². The Bertz CT molecular complexity index is 407. The van der Waals surface area contributed by atoms with E-state index in [0.29, 0.717) is 5.41 Å². The Hall–Kier alpha value is -0.860. The average Bonchev–Trinajstić information content (AvgIpc) is 3.09. The Labute approximate surface area is 97.4 Å². The first-order valence-corrected chi connectivity index (χ1v) is 6.24. The fourth-order valence-electron chi connectivity index (χ4n) is 2.79. The zero-order valence-electron chi connectivity index (χ0n) is 10.00. The number of fused-ring (bicyclic) bond motifs is 1. The van der Waals surface area contributed by atoms with Crippen LogP contribution < -0.4 is 5.73 Å². The molecule has 0 saturated heterocycles. The number of nitrogens with zero attached hydrogens (tertiary/aromatic N) is 1. The second kappa shape index (κ2) is 3.57. The SMILES string of the molecule is CN1CCc2cc(C3(CN)CC3)ccc2C1. The molecule has 0 bridgehead atoms. The number of hydrogen-bond donors (Lipinski definition) is 1. The van der Waals surface area contributed by atoms with Gasteiger partial charge in [0.25, 0.3) is 0 Å². The normalized spacial score (nSPS) is 22.9. The highest BCUT2D eigenvalue weighted by Crippen LogP contribution is 2.47. The standard InChI is InChI=1S/C14H20N2/c1-16-7-4-11-8-13(3-2-12(11)9-16)14(10-15)5-6-14/h2-3,8H,4-7,9-10,15H2,1H3. The molecule has 2 nitrogen and oxygen atoms in total. The van der Waals surface area contributed by atoms with Crippen molar-refractivity contribution in [1.82, 2.24) is 4.90 Å². The van der Waals surface area contributed by atoms with Gasteiger partial charge in [0.2, 0.25) is 0 Å². The van der Waals surface area contributed by atoms with Gasteiger partial charge in [-0.25, -0.2) is 0 Å². The minimum atomic E-state index is 0.346. The van der Waals surface area contributed by atoms with Gasteiger partial charge in [-0.15, -0.1) is 0 Å². The molecule has 1 aromatic carbocycles. The van der Waals surface area contributed by atoms with Crippen LogP contribution in [0.3, 0.4) is 0 Å². The summed E-state index contributed by atoms with van der Waals surface area (Å²) in [6.45, 7) is 3.10. The molecule has 1 aliphatic heterocycles. The van der Waals surface area contributed by atoms with Crippen LogP contribution in [-0.4, -0.2) is 25.0 Å². The Morgan fingerprint density at radius 3 is 2.81 bits per heavy atom. The van der Waals surface area contributed by atoms with Gasteiger partial charge in [-0.3, -0.25) is 0 Å². The van der Waals surface area contributed by atoms with Gasteiger partial charge < -0.3 is 10.6 Å². The molecule has 2 aliphatic rings. The van der Waals surface area contributed by atoms with Crippen LogP contribution in [0.2, 0.25) is 0 Å². The van der Waals surface area contributed by atoms with Crippen molar-refractivity contribution in [3.05, 3.63) is 34.9 Å². The van der Waals surface area contributed by atoms with Gasteiger partial charge in [0.15, 0.2) is 0 Å². The summed E-state index contributed by atoms with van der Waals surface area (Å²) in [6.07, 6.45) is 3.75. The van der Waals surface area contributed by atoms with E-state index in [0.717, 1.165) is 13.1 Å². The van der Waals surface area contributed by atoms with Gasteiger partial charge in [0, 0.05) is 25.0 Å². The van der Waals surface area contributed by atoms with E-state index in [9.17, 15) is 0 Å². The fourth-order valence-corrected chi connectivity index (χ4v) is 2.79. The molecule has 0 spiro atoms. The highest BCUT2D eigenvalue weighted by molar-refractivity contribution is 5.40. The number of likely N-dealkylation sites (N-methyl/N-ethyl adjacent to an activating group) is 1. The molecular weight excluding hydrogens is 196 g/mol. The lowest BCUT2D eigenvalue weighted by atomic mass is 9.90. The van der Waals surface area contributed by atoms with Gasteiger partial charge in [-0.05, 0) is 43.0 Å². The fraction of sp³-hybridized carbons (Fsp3) is 0.571. The molecular formula is C14H20N2. The first-order valence-electron chi connectivity index (χ1n) is 6.24. The van der Waals surface area contributed by atoms with E-state index in [1.165, 1.54) is 36.9 Å². The van der Waals surface area contributed by atoms with E-state index in [4.69, 9.17) is 5.73 Å². The van der Waals surface area contributed by atoms with Crippen molar-refractivity contribution in [2.75, 3.05) is 20.1 Å². The molecule has 1 fully saturated rings. The summed E-state index contributed by atoms with van der Waals surface area (Å²) in [7, 11) is 2.19. The molecule has 0 atom stereocenters. The maximum atomic E-state index is 5.89. The van der Waals surface area contributed by atoms with E-state index in [-0.39, 0.29) is 0 Å². The summed E-state index contributed by atoms with van der Waals surface area (Å²) in [5, 5.41) is 0. The zero-order chi connectivity index (χ0) is 11.2. The average molecular weight is 216 g/mol. The van der Waals surface area contributed by atoms with Crippen LogP contribution in [-0.2, 0) is 18.4 Å². The minimum absolute atomic E-state index is 0.346. The van der Waals surface area contributed by atoms with Crippen LogP contribution in [0.5, 0.6) is 0 Å². The Morgan fingerprint density at radius 2 is 2.12 bits per heavy atom. The third-order valence-corrected chi connectivity index (χ3v) is 4.27. The number of rotatable bonds is 2. The second-order valence-electron chi connectivity index (χ2n) is 5.46. The first-order chi connectivity index (χ1) is 7.73. The molecule has 1 aromatic rings. The van der Waals surface area contributed by atoms with Crippen LogP contribution in [0.1, 0.15) is 29.5 Å². The Morgan fingerprint density at radius 1 is 1.31 bits per heavy atom. The van der Waals surface area contributed by atoms with Crippen LogP contribution >= 0.6 is 0 Å². The van der Waals surface area contributed by atoms with E-state index in [1.807, 2.05) is 0 Å². The molecule has 1 heterocycles. The summed E-state index contributed by atoms with van der Waals surface area (Å²) in [4.78, 5) is 2.39. The lowest BCUT2D eigenvalue weighted by molar-refractivity contribution is 0.312. The minimum Gasteiger partial charge on any atom is -0.330 e. The monoisotopic (exact) mass is 216 g/mol. The predicted molar refractivity (Wildman–Crippen MR) is 66.4 cm³/mol. The summed E-state index contributed by atoms with van der Waals surface area (Å²) < 4.78 is 0. The third kappa shape index (κ3) is 1.57. The molecule has 86 valence electrons. The quantitative estimate of drug-likeness (QED) is 0.814. The molecule has 1 saturated carbocycles. The topological polar surface area (TPSA) is 29.3 Å². The summed E-state index contributed by atoms with van der Waals surface area (Å²) in [5.74, 6) is 0. The molecule has 0 radical (unpaired) electrons. The van der Waals surface area contributed by atoms with Crippen LogP contribution in [0, 0.1) is 0 Å². The van der Waals surface area contributed by atoms with Gasteiger partial charge in [-0.1, -0.05) is 18.2 Å². The van der Waals surface area contributed by atoms with Gasteiger partial charge in [-0.2, -0.15) is 0 Å². The van der Waals surface area contributed by atoms with Crippen molar-refractivity contribution in [3.8, 4) is 0 Å². The summed E-state index contributed by atoms with van der Waals surface area (Å²) >= 11 is 0. The van der Waals surface area contributed by atoms with Crippen molar-refractivity contribution in [1.29, 1.82) is 0 Å².